The predicted molar refractivity (Wildman–Crippen MR) is 49.4 cm³/mol. The molecule has 0 saturated carbocycles. The van der Waals surface area contributed by atoms with Crippen LogP contribution in [0.5, 0.6) is 0 Å². The highest BCUT2D eigenvalue weighted by Crippen LogP contribution is 1.81. The SMILES string of the molecule is CCC.CCN(CC)CC. The highest BCUT2D eigenvalue weighted by Gasteiger charge is 1.89. The van der Waals surface area contributed by atoms with E-state index in [0.717, 1.165) is 0 Å². The Labute approximate surface area is 66.4 Å². The molecule has 0 aromatic heterocycles. The molecule has 1 nitrogen and oxygen atoms in total. The maximum absolute atomic E-state index is 2.38. The van der Waals surface area contributed by atoms with Crippen molar-refractivity contribution < 1.29 is 0 Å². The molecule has 0 fully saturated rings. The van der Waals surface area contributed by atoms with Crippen LogP contribution in [0.1, 0.15) is 41.0 Å². The molecule has 0 spiro atoms. The average molecular weight is 145 g/mol. The van der Waals surface area contributed by atoms with E-state index in [4.69, 9.17) is 0 Å². The third-order valence-corrected chi connectivity index (χ3v) is 1.34. The quantitative estimate of drug-likeness (QED) is 0.590. The zero-order valence-corrected chi connectivity index (χ0v) is 8.28. The molecular formula is C9H23N. The highest BCUT2D eigenvalue weighted by molar-refractivity contribution is 4.43. The molecule has 1 heteroatoms. The van der Waals surface area contributed by atoms with Crippen molar-refractivity contribution in [1.29, 1.82) is 0 Å². The summed E-state index contributed by atoms with van der Waals surface area (Å²) in [4.78, 5) is 2.38. The van der Waals surface area contributed by atoms with Crippen molar-refractivity contribution in [3.8, 4) is 0 Å². The fourth-order valence-electron chi connectivity index (χ4n) is 0.671. The summed E-state index contributed by atoms with van der Waals surface area (Å²) in [6.45, 7) is 14.4. The van der Waals surface area contributed by atoms with Gasteiger partial charge in [-0.15, -0.1) is 0 Å². The lowest BCUT2D eigenvalue weighted by Gasteiger charge is -2.13. The van der Waals surface area contributed by atoms with E-state index in [2.05, 4.69) is 39.5 Å². The zero-order chi connectivity index (χ0) is 8.41. The second kappa shape index (κ2) is 11.7. The van der Waals surface area contributed by atoms with E-state index < -0.39 is 0 Å². The molecule has 0 heterocycles. The van der Waals surface area contributed by atoms with Gasteiger partial charge in [-0.05, 0) is 19.6 Å². The van der Waals surface area contributed by atoms with Crippen LogP contribution in [0.3, 0.4) is 0 Å². The smallest absolute Gasteiger partial charge is 0.00474 e. The van der Waals surface area contributed by atoms with Crippen LogP contribution in [-0.4, -0.2) is 24.5 Å². The van der Waals surface area contributed by atoms with Crippen LogP contribution in [0.2, 0.25) is 0 Å². The van der Waals surface area contributed by atoms with Crippen molar-refractivity contribution in [2.45, 2.75) is 41.0 Å². The van der Waals surface area contributed by atoms with Crippen molar-refractivity contribution in [1.82, 2.24) is 4.90 Å². The summed E-state index contributed by atoms with van der Waals surface area (Å²) in [7, 11) is 0. The average Bonchev–Trinajstić information content (AvgIpc) is 1.93. The van der Waals surface area contributed by atoms with E-state index in [0.29, 0.717) is 0 Å². The van der Waals surface area contributed by atoms with Gasteiger partial charge in [0.15, 0.2) is 0 Å². The van der Waals surface area contributed by atoms with Gasteiger partial charge in [0.05, 0.1) is 0 Å². The minimum Gasteiger partial charge on any atom is -0.304 e. The first-order valence-electron chi connectivity index (χ1n) is 4.48. The molecule has 0 aliphatic carbocycles. The maximum atomic E-state index is 2.38. The van der Waals surface area contributed by atoms with E-state index >= 15 is 0 Å². The number of hydrogen-bond donors (Lipinski definition) is 0. The van der Waals surface area contributed by atoms with Crippen molar-refractivity contribution >= 4 is 0 Å². The van der Waals surface area contributed by atoms with Gasteiger partial charge < -0.3 is 4.90 Å². The van der Waals surface area contributed by atoms with Gasteiger partial charge in [0.25, 0.3) is 0 Å². The van der Waals surface area contributed by atoms with E-state index in [1.54, 1.807) is 0 Å². The van der Waals surface area contributed by atoms with Crippen LogP contribution >= 0.6 is 0 Å². The number of rotatable bonds is 3. The summed E-state index contributed by atoms with van der Waals surface area (Å²) in [5, 5.41) is 0. The van der Waals surface area contributed by atoms with Crippen LogP contribution in [0.4, 0.5) is 0 Å². The van der Waals surface area contributed by atoms with Gasteiger partial charge in [0.2, 0.25) is 0 Å². The van der Waals surface area contributed by atoms with Gasteiger partial charge in [-0.1, -0.05) is 41.0 Å². The molecule has 0 aliphatic heterocycles. The molecule has 64 valence electrons. The Hall–Kier alpha value is -0.0400. The van der Waals surface area contributed by atoms with Crippen LogP contribution in [-0.2, 0) is 0 Å². The normalized spacial score (nSPS) is 9.00. The van der Waals surface area contributed by atoms with Crippen molar-refractivity contribution in [3.05, 3.63) is 0 Å². The second-order valence-corrected chi connectivity index (χ2v) is 2.33. The Bertz CT molecular complexity index is 34.5. The summed E-state index contributed by atoms with van der Waals surface area (Å²) in [5.41, 5.74) is 0. The lowest BCUT2D eigenvalue weighted by atomic mass is 10.5. The first kappa shape index (κ1) is 12.6. The summed E-state index contributed by atoms with van der Waals surface area (Å²) in [5.74, 6) is 0. The second-order valence-electron chi connectivity index (χ2n) is 2.33. The summed E-state index contributed by atoms with van der Waals surface area (Å²) >= 11 is 0. The molecule has 0 atom stereocenters. The molecule has 0 saturated heterocycles. The van der Waals surface area contributed by atoms with Crippen LogP contribution < -0.4 is 0 Å². The molecule has 0 rings (SSSR count). The summed E-state index contributed by atoms with van der Waals surface area (Å²) < 4.78 is 0. The van der Waals surface area contributed by atoms with E-state index in [9.17, 15) is 0 Å². The lowest BCUT2D eigenvalue weighted by molar-refractivity contribution is 0.321. The fourth-order valence-corrected chi connectivity index (χ4v) is 0.671. The van der Waals surface area contributed by atoms with Gasteiger partial charge in [-0.25, -0.2) is 0 Å². The Morgan fingerprint density at radius 2 is 0.900 bits per heavy atom. The molecule has 0 N–H and O–H groups in total. The monoisotopic (exact) mass is 145 g/mol. The van der Waals surface area contributed by atoms with Gasteiger partial charge in [-0.3, -0.25) is 0 Å². The van der Waals surface area contributed by atoms with Crippen molar-refractivity contribution in [2.75, 3.05) is 19.6 Å². The molecule has 0 aliphatic rings. The lowest BCUT2D eigenvalue weighted by Crippen LogP contribution is -2.21. The van der Waals surface area contributed by atoms with Crippen LogP contribution in [0.25, 0.3) is 0 Å². The molecule has 0 radical (unpaired) electrons. The third-order valence-electron chi connectivity index (χ3n) is 1.34. The van der Waals surface area contributed by atoms with Gasteiger partial charge in [-0.2, -0.15) is 0 Å². The summed E-state index contributed by atoms with van der Waals surface area (Å²) in [6, 6.07) is 0. The van der Waals surface area contributed by atoms with Gasteiger partial charge >= 0.3 is 0 Å². The standard InChI is InChI=1S/C6H15N.C3H8/c1-4-7(5-2)6-3;1-3-2/h4-6H2,1-3H3;3H2,1-2H3. The number of hydrogen-bond acceptors (Lipinski definition) is 1. The minimum absolute atomic E-state index is 1.19. The van der Waals surface area contributed by atoms with E-state index in [1.165, 1.54) is 26.1 Å². The summed E-state index contributed by atoms with van der Waals surface area (Å²) in [6.07, 6.45) is 1.25. The Kier molecular flexibility index (Phi) is 14.8. The van der Waals surface area contributed by atoms with Crippen LogP contribution in [0, 0.1) is 0 Å². The fraction of sp³-hybridized carbons (Fsp3) is 1.00. The van der Waals surface area contributed by atoms with Gasteiger partial charge in [0, 0.05) is 0 Å². The molecule has 0 bridgehead atoms. The Morgan fingerprint density at radius 3 is 0.900 bits per heavy atom. The highest BCUT2D eigenvalue weighted by atomic mass is 15.1. The van der Waals surface area contributed by atoms with Crippen molar-refractivity contribution in [3.63, 3.8) is 0 Å². The third kappa shape index (κ3) is 10.9. The van der Waals surface area contributed by atoms with E-state index in [-0.39, 0.29) is 0 Å². The molecule has 0 aromatic carbocycles. The molecular weight excluding hydrogens is 122 g/mol. The van der Waals surface area contributed by atoms with E-state index in [1.807, 2.05) is 0 Å². The first-order chi connectivity index (χ1) is 4.76. The molecule has 0 amide bonds. The Morgan fingerprint density at radius 1 is 0.700 bits per heavy atom. The molecule has 0 aromatic rings. The maximum Gasteiger partial charge on any atom is -0.00474 e. The molecule has 10 heavy (non-hydrogen) atoms. The largest absolute Gasteiger partial charge is 0.304 e. The van der Waals surface area contributed by atoms with Crippen LogP contribution in [0.15, 0.2) is 0 Å². The zero-order valence-electron chi connectivity index (χ0n) is 8.28. The number of nitrogens with zero attached hydrogens (tertiary/aromatic N) is 1. The Balaban J connectivity index is 0. The minimum atomic E-state index is 1.19. The van der Waals surface area contributed by atoms with Crippen molar-refractivity contribution in [2.24, 2.45) is 0 Å². The molecule has 0 unspecified atom stereocenters. The predicted octanol–water partition coefficient (Wildman–Crippen LogP) is 2.76. The van der Waals surface area contributed by atoms with Gasteiger partial charge in [0.1, 0.15) is 0 Å². The first-order valence-corrected chi connectivity index (χ1v) is 4.48. The topological polar surface area (TPSA) is 3.24 Å².